The van der Waals surface area contributed by atoms with E-state index in [1.54, 1.807) is 0 Å². The molecule has 2 heteroatoms. The van der Waals surface area contributed by atoms with Gasteiger partial charge in [0.25, 0.3) is 0 Å². The van der Waals surface area contributed by atoms with Gasteiger partial charge in [0, 0.05) is 0 Å². The molecule has 0 amide bonds. The van der Waals surface area contributed by atoms with Gasteiger partial charge in [-0.3, -0.25) is 0 Å². The van der Waals surface area contributed by atoms with Gasteiger partial charge in [0.1, 0.15) is 0 Å². The van der Waals surface area contributed by atoms with Crippen molar-refractivity contribution in [1.82, 2.24) is 0 Å². The maximum Gasteiger partial charge on any atom is 2.00 e. The van der Waals surface area contributed by atoms with Crippen LogP contribution in [0.3, 0.4) is 0 Å². The summed E-state index contributed by atoms with van der Waals surface area (Å²) in [5, 5.41) is 2.98. The normalized spacial score (nSPS) is 10.0. The van der Waals surface area contributed by atoms with E-state index in [-0.39, 0.29) is 28.3 Å². The fourth-order valence-electron chi connectivity index (χ4n) is 1.85. The summed E-state index contributed by atoms with van der Waals surface area (Å²) < 4.78 is 0. The molecule has 0 fully saturated rings. The topological polar surface area (TPSA) is 0 Å². The minimum Gasteiger partial charge on any atom is -0.0650 e. The van der Waals surface area contributed by atoms with Crippen molar-refractivity contribution in [1.29, 1.82) is 0 Å². The van der Waals surface area contributed by atoms with E-state index in [9.17, 15) is 0 Å². The van der Waals surface area contributed by atoms with Gasteiger partial charge in [0.05, 0.1) is 0 Å². The van der Waals surface area contributed by atoms with Crippen molar-refractivity contribution in [3.8, 4) is 0 Å². The zero-order chi connectivity index (χ0) is 11.2. The van der Waals surface area contributed by atoms with Crippen molar-refractivity contribution in [3.63, 3.8) is 0 Å². The standard InChI is InChI=1S/C15H17P.Pd/c1-2-13-16(14-9-5-3-6-10-14)15-11-7-4-8-12-15;/h3-12H,2,13H2,1H3;/q;+2. The van der Waals surface area contributed by atoms with Crippen LogP contribution in [0.5, 0.6) is 0 Å². The Morgan fingerprint density at radius 3 is 1.53 bits per heavy atom. The van der Waals surface area contributed by atoms with Crippen LogP contribution in [0.15, 0.2) is 60.7 Å². The van der Waals surface area contributed by atoms with Gasteiger partial charge in [0.2, 0.25) is 0 Å². The van der Waals surface area contributed by atoms with Crippen molar-refractivity contribution in [3.05, 3.63) is 60.7 Å². The second-order valence-corrected chi connectivity index (χ2v) is 6.16. The van der Waals surface area contributed by atoms with Crippen LogP contribution in [-0.4, -0.2) is 6.16 Å². The molecule has 0 aliphatic rings. The monoisotopic (exact) mass is 334 g/mol. The molecule has 0 nitrogen and oxygen atoms in total. The summed E-state index contributed by atoms with van der Waals surface area (Å²) in [6.45, 7) is 2.27. The minimum absolute atomic E-state index is 0. The molecule has 0 saturated heterocycles. The Morgan fingerprint density at radius 1 is 0.765 bits per heavy atom. The van der Waals surface area contributed by atoms with Crippen molar-refractivity contribution in [2.75, 3.05) is 6.16 Å². The van der Waals surface area contributed by atoms with Crippen LogP contribution >= 0.6 is 7.92 Å². The first kappa shape index (κ1) is 14.6. The van der Waals surface area contributed by atoms with Gasteiger partial charge in [-0.05, 0) is 24.7 Å². The zero-order valence-corrected chi connectivity index (χ0v) is 12.4. The van der Waals surface area contributed by atoms with Gasteiger partial charge >= 0.3 is 20.4 Å². The van der Waals surface area contributed by atoms with Crippen LogP contribution in [0, 0.1) is 0 Å². The molecular formula is C15H17PPd+2. The van der Waals surface area contributed by atoms with E-state index in [1.807, 2.05) is 0 Å². The SMILES string of the molecule is CCCP(c1ccccc1)c1ccccc1.[Pd+2]. The van der Waals surface area contributed by atoms with Gasteiger partial charge in [-0.15, -0.1) is 0 Å². The van der Waals surface area contributed by atoms with Gasteiger partial charge in [-0.25, -0.2) is 0 Å². The first-order valence-corrected chi connectivity index (χ1v) is 7.32. The molecule has 0 N–H and O–H groups in total. The Morgan fingerprint density at radius 2 is 1.18 bits per heavy atom. The smallest absolute Gasteiger partial charge is 0.0650 e. The molecule has 0 heterocycles. The number of rotatable bonds is 4. The molecule has 2 aromatic carbocycles. The maximum atomic E-state index is 2.27. The summed E-state index contributed by atoms with van der Waals surface area (Å²) in [4.78, 5) is 0. The summed E-state index contributed by atoms with van der Waals surface area (Å²) in [6.07, 6.45) is 2.53. The first-order valence-electron chi connectivity index (χ1n) is 5.79. The molecule has 0 spiro atoms. The van der Waals surface area contributed by atoms with Crippen molar-refractivity contribution < 1.29 is 20.4 Å². The van der Waals surface area contributed by atoms with Crippen LogP contribution in [-0.2, 0) is 20.4 Å². The molecular weight excluding hydrogens is 318 g/mol. The van der Waals surface area contributed by atoms with Crippen LogP contribution in [0.2, 0.25) is 0 Å². The van der Waals surface area contributed by atoms with Crippen LogP contribution in [0.1, 0.15) is 13.3 Å². The summed E-state index contributed by atoms with van der Waals surface area (Å²) in [5.74, 6) is 0. The van der Waals surface area contributed by atoms with E-state index >= 15 is 0 Å². The van der Waals surface area contributed by atoms with E-state index in [4.69, 9.17) is 0 Å². The molecule has 17 heavy (non-hydrogen) atoms. The summed E-state index contributed by atoms with van der Waals surface area (Å²) in [7, 11) is -0.151. The third kappa shape index (κ3) is 4.04. The second-order valence-electron chi connectivity index (χ2n) is 3.82. The van der Waals surface area contributed by atoms with Crippen molar-refractivity contribution in [2.45, 2.75) is 13.3 Å². The Balaban J connectivity index is 0.00000144. The third-order valence-electron chi connectivity index (χ3n) is 2.58. The van der Waals surface area contributed by atoms with Crippen molar-refractivity contribution >= 4 is 18.5 Å². The minimum atomic E-state index is -0.151. The average Bonchev–Trinajstić information content (AvgIpc) is 2.38. The van der Waals surface area contributed by atoms with Gasteiger partial charge in [-0.1, -0.05) is 74.0 Å². The molecule has 2 rings (SSSR count). The van der Waals surface area contributed by atoms with Gasteiger partial charge in [-0.2, -0.15) is 0 Å². The Hall–Kier alpha value is -0.468. The number of benzene rings is 2. The molecule has 90 valence electrons. The predicted molar refractivity (Wildman–Crippen MR) is 74.2 cm³/mol. The quantitative estimate of drug-likeness (QED) is 0.593. The molecule has 0 atom stereocenters. The van der Waals surface area contributed by atoms with Crippen LogP contribution < -0.4 is 10.6 Å². The summed E-state index contributed by atoms with van der Waals surface area (Å²) in [6, 6.07) is 21.8. The van der Waals surface area contributed by atoms with E-state index < -0.39 is 0 Å². The largest absolute Gasteiger partial charge is 2.00 e. The Kier molecular flexibility index (Phi) is 6.68. The van der Waals surface area contributed by atoms with Crippen LogP contribution in [0.4, 0.5) is 0 Å². The van der Waals surface area contributed by atoms with Crippen molar-refractivity contribution in [2.24, 2.45) is 0 Å². The number of hydrogen-bond acceptors (Lipinski definition) is 0. The fourth-order valence-corrected chi connectivity index (χ4v) is 4.17. The zero-order valence-electron chi connectivity index (χ0n) is 9.95. The number of hydrogen-bond donors (Lipinski definition) is 0. The maximum absolute atomic E-state index is 2.27. The van der Waals surface area contributed by atoms with Gasteiger partial charge in [0.15, 0.2) is 0 Å². The summed E-state index contributed by atoms with van der Waals surface area (Å²) >= 11 is 0. The van der Waals surface area contributed by atoms with E-state index in [0.29, 0.717) is 0 Å². The van der Waals surface area contributed by atoms with Crippen LogP contribution in [0.25, 0.3) is 0 Å². The molecule has 2 aromatic rings. The Bertz CT molecular complexity index is 374. The molecule has 0 unspecified atom stereocenters. The molecule has 0 saturated carbocycles. The first-order chi connectivity index (χ1) is 7.92. The fraction of sp³-hybridized carbons (Fsp3) is 0.200. The van der Waals surface area contributed by atoms with Gasteiger partial charge < -0.3 is 0 Å². The third-order valence-corrected chi connectivity index (χ3v) is 5.32. The molecule has 0 aliphatic carbocycles. The molecule has 0 aromatic heterocycles. The molecule has 0 aliphatic heterocycles. The summed E-state index contributed by atoms with van der Waals surface area (Å²) in [5.41, 5.74) is 0. The molecule has 0 radical (unpaired) electrons. The second kappa shape index (κ2) is 7.78. The van der Waals surface area contributed by atoms with E-state index in [1.165, 1.54) is 23.2 Å². The molecule has 0 bridgehead atoms. The average molecular weight is 335 g/mol. The Labute approximate surface area is 119 Å². The van der Waals surface area contributed by atoms with E-state index in [0.717, 1.165) is 0 Å². The van der Waals surface area contributed by atoms with E-state index in [2.05, 4.69) is 67.6 Å². The predicted octanol–water partition coefficient (Wildman–Crippen LogP) is 3.53.